The molecule has 1 atom stereocenters. The van der Waals surface area contributed by atoms with Crippen molar-refractivity contribution in [1.29, 1.82) is 0 Å². The van der Waals surface area contributed by atoms with Crippen LogP contribution in [0, 0.1) is 5.92 Å². The molecule has 0 aliphatic rings. The van der Waals surface area contributed by atoms with Crippen LogP contribution < -0.4 is 5.14 Å². The molecule has 2 N–H and O–H groups in total. The summed E-state index contributed by atoms with van der Waals surface area (Å²) in [5.74, 6) is -0.492. The Bertz CT molecular complexity index is 520. The van der Waals surface area contributed by atoms with Gasteiger partial charge >= 0.3 is 5.97 Å². The van der Waals surface area contributed by atoms with E-state index in [-0.39, 0.29) is 16.8 Å². The molecular weight excluding hydrogens is 254 g/mol. The molecule has 0 fully saturated rings. The molecule has 5 nitrogen and oxygen atoms in total. The Kier molecular flexibility index (Phi) is 4.48. The number of sulfonamides is 1. The summed E-state index contributed by atoms with van der Waals surface area (Å²) in [4.78, 5) is 11.5. The second kappa shape index (κ2) is 5.49. The summed E-state index contributed by atoms with van der Waals surface area (Å²) < 4.78 is 27.4. The molecule has 0 saturated carbocycles. The predicted octanol–water partition coefficient (Wildman–Crippen LogP) is 1.59. The highest BCUT2D eigenvalue weighted by Crippen LogP contribution is 2.19. The molecule has 0 aliphatic carbocycles. The fraction of sp³-hybridized carbons (Fsp3) is 0.417. The van der Waals surface area contributed by atoms with Crippen LogP contribution in [-0.4, -0.2) is 14.4 Å². The minimum absolute atomic E-state index is 0.0358. The SMILES string of the molecule is CC(C)C(=O)OC(C)c1ccc(S(N)(=O)=O)cc1. The van der Waals surface area contributed by atoms with Crippen LogP contribution in [0.1, 0.15) is 32.4 Å². The lowest BCUT2D eigenvalue weighted by molar-refractivity contribution is -0.152. The van der Waals surface area contributed by atoms with Gasteiger partial charge in [-0.3, -0.25) is 4.79 Å². The Morgan fingerprint density at radius 3 is 2.06 bits per heavy atom. The van der Waals surface area contributed by atoms with Crippen LogP contribution >= 0.6 is 0 Å². The first-order chi connectivity index (χ1) is 8.21. The van der Waals surface area contributed by atoms with E-state index in [1.807, 2.05) is 0 Å². The molecule has 0 spiro atoms. The van der Waals surface area contributed by atoms with Crippen molar-refractivity contribution in [2.45, 2.75) is 31.8 Å². The third-order valence-corrected chi connectivity index (χ3v) is 3.37. The fourth-order valence-electron chi connectivity index (χ4n) is 1.31. The Labute approximate surface area is 107 Å². The highest BCUT2D eigenvalue weighted by Gasteiger charge is 2.15. The number of hydrogen-bond donors (Lipinski definition) is 1. The quantitative estimate of drug-likeness (QED) is 0.842. The van der Waals surface area contributed by atoms with Crippen molar-refractivity contribution in [2.75, 3.05) is 0 Å². The Morgan fingerprint density at radius 2 is 1.67 bits per heavy atom. The molecule has 0 bridgehead atoms. The van der Waals surface area contributed by atoms with E-state index in [0.29, 0.717) is 0 Å². The zero-order chi connectivity index (χ0) is 13.9. The molecule has 6 heteroatoms. The topological polar surface area (TPSA) is 86.5 Å². The van der Waals surface area contributed by atoms with Crippen LogP contribution in [0.4, 0.5) is 0 Å². The summed E-state index contributed by atoms with van der Waals surface area (Å²) in [6, 6.07) is 5.95. The van der Waals surface area contributed by atoms with Gasteiger partial charge in [0.25, 0.3) is 0 Å². The number of primary sulfonamides is 1. The molecule has 1 rings (SSSR count). The van der Waals surface area contributed by atoms with Crippen molar-refractivity contribution in [2.24, 2.45) is 11.1 Å². The maximum absolute atomic E-state index is 11.4. The smallest absolute Gasteiger partial charge is 0.308 e. The van der Waals surface area contributed by atoms with Crippen LogP contribution in [0.2, 0.25) is 0 Å². The normalized spacial score (nSPS) is 13.4. The zero-order valence-corrected chi connectivity index (χ0v) is 11.4. The minimum atomic E-state index is -3.69. The highest BCUT2D eigenvalue weighted by atomic mass is 32.2. The van der Waals surface area contributed by atoms with Gasteiger partial charge in [-0.1, -0.05) is 26.0 Å². The van der Waals surface area contributed by atoms with Crippen molar-refractivity contribution < 1.29 is 17.9 Å². The molecule has 18 heavy (non-hydrogen) atoms. The lowest BCUT2D eigenvalue weighted by atomic mass is 10.1. The summed E-state index contributed by atoms with van der Waals surface area (Å²) in [7, 11) is -3.69. The summed E-state index contributed by atoms with van der Waals surface area (Å²) in [6.45, 7) is 5.23. The molecule has 1 aromatic rings. The molecule has 0 saturated heterocycles. The number of ether oxygens (including phenoxy) is 1. The largest absolute Gasteiger partial charge is 0.458 e. The number of hydrogen-bond acceptors (Lipinski definition) is 4. The molecule has 0 amide bonds. The van der Waals surface area contributed by atoms with Gasteiger partial charge in [0, 0.05) is 0 Å². The third kappa shape index (κ3) is 3.82. The Balaban J connectivity index is 2.83. The number of benzene rings is 1. The van der Waals surface area contributed by atoms with Gasteiger partial charge in [-0.15, -0.1) is 0 Å². The lowest BCUT2D eigenvalue weighted by Crippen LogP contribution is -2.15. The van der Waals surface area contributed by atoms with Gasteiger partial charge in [0.15, 0.2) is 0 Å². The molecule has 0 radical (unpaired) electrons. The summed E-state index contributed by atoms with van der Waals surface area (Å²) >= 11 is 0. The number of nitrogens with two attached hydrogens (primary N) is 1. The van der Waals surface area contributed by atoms with Crippen molar-refractivity contribution in [3.63, 3.8) is 0 Å². The molecule has 1 unspecified atom stereocenters. The average Bonchev–Trinajstić information content (AvgIpc) is 2.27. The van der Waals surface area contributed by atoms with E-state index in [4.69, 9.17) is 9.88 Å². The van der Waals surface area contributed by atoms with Crippen LogP contribution in [0.5, 0.6) is 0 Å². The molecular formula is C12H17NO4S. The number of esters is 1. The van der Waals surface area contributed by atoms with E-state index < -0.39 is 16.1 Å². The van der Waals surface area contributed by atoms with Gasteiger partial charge in [0.05, 0.1) is 10.8 Å². The second-order valence-corrected chi connectivity index (χ2v) is 5.91. The Hall–Kier alpha value is -1.40. The first-order valence-corrected chi connectivity index (χ1v) is 7.09. The van der Waals surface area contributed by atoms with Gasteiger partial charge in [-0.2, -0.15) is 0 Å². The molecule has 0 aromatic heterocycles. The monoisotopic (exact) mass is 271 g/mol. The van der Waals surface area contributed by atoms with Gasteiger partial charge in [0.1, 0.15) is 6.10 Å². The van der Waals surface area contributed by atoms with Gasteiger partial charge < -0.3 is 4.74 Å². The zero-order valence-electron chi connectivity index (χ0n) is 10.6. The van der Waals surface area contributed by atoms with Gasteiger partial charge in [0.2, 0.25) is 10.0 Å². The van der Waals surface area contributed by atoms with Crippen molar-refractivity contribution in [3.8, 4) is 0 Å². The van der Waals surface area contributed by atoms with Crippen LogP contribution in [0.25, 0.3) is 0 Å². The van der Waals surface area contributed by atoms with Crippen LogP contribution in [0.3, 0.4) is 0 Å². The summed E-state index contributed by atoms with van der Waals surface area (Å²) in [5.41, 5.74) is 0.719. The van der Waals surface area contributed by atoms with Gasteiger partial charge in [-0.25, -0.2) is 13.6 Å². The first-order valence-electron chi connectivity index (χ1n) is 5.55. The van der Waals surface area contributed by atoms with E-state index >= 15 is 0 Å². The first kappa shape index (κ1) is 14.7. The van der Waals surface area contributed by atoms with Crippen LogP contribution in [-0.2, 0) is 19.6 Å². The maximum atomic E-state index is 11.4. The number of carbonyl (C=O) groups excluding carboxylic acids is 1. The van der Waals surface area contributed by atoms with Crippen LogP contribution in [0.15, 0.2) is 29.2 Å². The standard InChI is InChI=1S/C12H17NO4S/c1-8(2)12(14)17-9(3)10-4-6-11(7-5-10)18(13,15)16/h4-9H,1-3H3,(H2,13,15,16). The van der Waals surface area contributed by atoms with Crippen molar-refractivity contribution in [3.05, 3.63) is 29.8 Å². The lowest BCUT2D eigenvalue weighted by Gasteiger charge is -2.15. The molecule has 1 aromatic carbocycles. The summed E-state index contributed by atoms with van der Waals surface area (Å²) in [5, 5.41) is 4.99. The molecule has 0 heterocycles. The Morgan fingerprint density at radius 1 is 1.17 bits per heavy atom. The van der Waals surface area contributed by atoms with E-state index in [2.05, 4.69) is 0 Å². The van der Waals surface area contributed by atoms with E-state index in [1.54, 1.807) is 32.9 Å². The van der Waals surface area contributed by atoms with E-state index in [1.165, 1.54) is 12.1 Å². The van der Waals surface area contributed by atoms with E-state index in [0.717, 1.165) is 5.56 Å². The van der Waals surface area contributed by atoms with Crippen molar-refractivity contribution in [1.82, 2.24) is 0 Å². The highest BCUT2D eigenvalue weighted by molar-refractivity contribution is 7.89. The predicted molar refractivity (Wildman–Crippen MR) is 67.2 cm³/mol. The fourth-order valence-corrected chi connectivity index (χ4v) is 1.82. The second-order valence-electron chi connectivity index (χ2n) is 4.35. The number of rotatable bonds is 4. The number of carbonyl (C=O) groups is 1. The molecule has 0 aliphatic heterocycles. The minimum Gasteiger partial charge on any atom is -0.458 e. The third-order valence-electron chi connectivity index (χ3n) is 2.44. The van der Waals surface area contributed by atoms with E-state index in [9.17, 15) is 13.2 Å². The maximum Gasteiger partial charge on any atom is 0.308 e. The average molecular weight is 271 g/mol. The molecule has 100 valence electrons. The van der Waals surface area contributed by atoms with Crippen molar-refractivity contribution >= 4 is 16.0 Å². The van der Waals surface area contributed by atoms with Gasteiger partial charge in [-0.05, 0) is 24.6 Å². The summed E-state index contributed by atoms with van der Waals surface area (Å²) in [6.07, 6.45) is -0.422.